The van der Waals surface area contributed by atoms with Gasteiger partial charge in [0, 0.05) is 19.6 Å². The molecule has 1 atom stereocenters. The van der Waals surface area contributed by atoms with Crippen molar-refractivity contribution >= 4 is 11.7 Å². The molecule has 1 saturated heterocycles. The Labute approximate surface area is 77.8 Å². The molecule has 4 heteroatoms. The molecular formula is C9H15N3O. The lowest BCUT2D eigenvalue weighted by Gasteiger charge is -2.26. The Hall–Kier alpha value is -1.06. The van der Waals surface area contributed by atoms with Gasteiger partial charge in [0.1, 0.15) is 5.84 Å². The van der Waals surface area contributed by atoms with Crippen molar-refractivity contribution in [1.82, 2.24) is 10.6 Å². The van der Waals surface area contributed by atoms with E-state index in [1.54, 1.807) is 0 Å². The minimum absolute atomic E-state index is 0.00551. The quantitative estimate of drug-likeness (QED) is 0.548. The van der Waals surface area contributed by atoms with E-state index in [2.05, 4.69) is 15.6 Å². The number of piperidine rings is 1. The molecule has 0 radical (unpaired) electrons. The topological polar surface area (TPSA) is 53.5 Å². The lowest BCUT2D eigenvalue weighted by molar-refractivity contribution is -0.123. The number of rotatable bonds is 0. The van der Waals surface area contributed by atoms with Gasteiger partial charge in [0.25, 0.3) is 0 Å². The lowest BCUT2D eigenvalue weighted by atomic mass is 9.96. The number of fused-ring (bicyclic) bond motifs is 1. The van der Waals surface area contributed by atoms with Crippen molar-refractivity contribution in [2.24, 2.45) is 10.9 Å². The highest BCUT2D eigenvalue weighted by Gasteiger charge is 2.27. The molecule has 0 spiro atoms. The van der Waals surface area contributed by atoms with E-state index < -0.39 is 0 Å². The van der Waals surface area contributed by atoms with E-state index >= 15 is 0 Å². The molecule has 2 aliphatic rings. The number of nitrogens with one attached hydrogen (secondary N) is 2. The molecule has 0 bridgehead atoms. The largest absolute Gasteiger partial charge is 0.373 e. The third-order valence-corrected chi connectivity index (χ3v) is 2.54. The maximum absolute atomic E-state index is 11.6. The Balaban J connectivity index is 2.15. The SMILES string of the molecule is O=C1NCCCN=C2NCCCC12. The first-order valence-corrected chi connectivity index (χ1v) is 4.94. The van der Waals surface area contributed by atoms with Crippen molar-refractivity contribution < 1.29 is 4.79 Å². The highest BCUT2D eigenvalue weighted by Crippen LogP contribution is 2.13. The van der Waals surface area contributed by atoms with Crippen LogP contribution in [0.2, 0.25) is 0 Å². The Morgan fingerprint density at radius 3 is 3.00 bits per heavy atom. The molecule has 72 valence electrons. The fourth-order valence-electron chi connectivity index (χ4n) is 1.82. The van der Waals surface area contributed by atoms with E-state index in [0.29, 0.717) is 0 Å². The van der Waals surface area contributed by atoms with Crippen LogP contribution in [0.15, 0.2) is 4.99 Å². The van der Waals surface area contributed by atoms with Gasteiger partial charge in [-0.05, 0) is 19.3 Å². The highest BCUT2D eigenvalue weighted by atomic mass is 16.1. The predicted molar refractivity (Wildman–Crippen MR) is 50.7 cm³/mol. The van der Waals surface area contributed by atoms with Gasteiger partial charge in [-0.2, -0.15) is 0 Å². The van der Waals surface area contributed by atoms with Gasteiger partial charge >= 0.3 is 0 Å². The maximum Gasteiger partial charge on any atom is 0.230 e. The van der Waals surface area contributed by atoms with Crippen LogP contribution in [-0.2, 0) is 4.79 Å². The van der Waals surface area contributed by atoms with Crippen molar-refractivity contribution in [2.45, 2.75) is 19.3 Å². The summed E-state index contributed by atoms with van der Waals surface area (Å²) in [6.07, 6.45) is 2.96. The van der Waals surface area contributed by atoms with E-state index in [0.717, 1.165) is 44.7 Å². The van der Waals surface area contributed by atoms with Gasteiger partial charge in [0.15, 0.2) is 0 Å². The van der Waals surface area contributed by atoms with E-state index in [1.165, 1.54) is 0 Å². The fourth-order valence-corrected chi connectivity index (χ4v) is 1.82. The van der Waals surface area contributed by atoms with Gasteiger partial charge in [-0.15, -0.1) is 0 Å². The zero-order valence-electron chi connectivity index (χ0n) is 7.68. The van der Waals surface area contributed by atoms with Crippen LogP contribution in [0.1, 0.15) is 19.3 Å². The number of hydrogen-bond acceptors (Lipinski definition) is 3. The van der Waals surface area contributed by atoms with Crippen molar-refractivity contribution in [3.63, 3.8) is 0 Å². The van der Waals surface area contributed by atoms with Crippen molar-refractivity contribution in [1.29, 1.82) is 0 Å². The smallest absolute Gasteiger partial charge is 0.230 e. The first kappa shape index (κ1) is 8.53. The van der Waals surface area contributed by atoms with Gasteiger partial charge in [-0.1, -0.05) is 0 Å². The zero-order valence-corrected chi connectivity index (χ0v) is 7.68. The van der Waals surface area contributed by atoms with Crippen LogP contribution in [0.5, 0.6) is 0 Å². The molecule has 0 aromatic heterocycles. The Bertz CT molecular complexity index is 237. The molecule has 2 heterocycles. The monoisotopic (exact) mass is 181 g/mol. The van der Waals surface area contributed by atoms with Gasteiger partial charge in [-0.25, -0.2) is 0 Å². The molecule has 1 amide bonds. The first-order valence-electron chi connectivity index (χ1n) is 4.94. The highest BCUT2D eigenvalue weighted by molar-refractivity contribution is 6.03. The van der Waals surface area contributed by atoms with E-state index in [1.807, 2.05) is 0 Å². The number of aliphatic imine (C=N–C) groups is 1. The molecule has 0 aromatic carbocycles. The summed E-state index contributed by atoms with van der Waals surface area (Å²) in [4.78, 5) is 16.0. The normalized spacial score (nSPS) is 28.8. The van der Waals surface area contributed by atoms with Crippen molar-refractivity contribution in [3.8, 4) is 0 Å². The Morgan fingerprint density at radius 2 is 2.08 bits per heavy atom. The third kappa shape index (κ3) is 1.82. The molecule has 0 aliphatic carbocycles. The minimum atomic E-state index is -0.00551. The fraction of sp³-hybridized carbons (Fsp3) is 0.778. The Morgan fingerprint density at radius 1 is 1.23 bits per heavy atom. The van der Waals surface area contributed by atoms with Crippen LogP contribution in [0.25, 0.3) is 0 Å². The van der Waals surface area contributed by atoms with E-state index in [-0.39, 0.29) is 11.8 Å². The number of hydrogen-bond donors (Lipinski definition) is 2. The lowest BCUT2D eigenvalue weighted by Crippen LogP contribution is -2.46. The number of carbonyl (C=O) groups is 1. The summed E-state index contributed by atoms with van der Waals surface area (Å²) >= 11 is 0. The number of amides is 1. The van der Waals surface area contributed by atoms with Crippen LogP contribution in [0.3, 0.4) is 0 Å². The molecule has 0 aromatic rings. The first-order chi connectivity index (χ1) is 6.38. The summed E-state index contributed by atoms with van der Waals surface area (Å²) in [7, 11) is 0. The number of amidine groups is 1. The van der Waals surface area contributed by atoms with Gasteiger partial charge in [0.2, 0.25) is 5.91 Å². The summed E-state index contributed by atoms with van der Waals surface area (Å²) in [5.74, 6) is 1.04. The van der Waals surface area contributed by atoms with Crippen LogP contribution >= 0.6 is 0 Å². The molecular weight excluding hydrogens is 166 g/mol. The van der Waals surface area contributed by atoms with Gasteiger partial charge in [-0.3, -0.25) is 9.79 Å². The molecule has 2 rings (SSSR count). The molecule has 4 nitrogen and oxygen atoms in total. The predicted octanol–water partition coefficient (Wildman–Crippen LogP) is -0.0956. The van der Waals surface area contributed by atoms with E-state index in [4.69, 9.17) is 0 Å². The maximum atomic E-state index is 11.6. The van der Waals surface area contributed by atoms with E-state index in [9.17, 15) is 4.79 Å². The molecule has 2 N–H and O–H groups in total. The van der Waals surface area contributed by atoms with Crippen LogP contribution in [0.4, 0.5) is 0 Å². The zero-order chi connectivity index (χ0) is 9.10. The number of nitrogens with zero attached hydrogens (tertiary/aromatic N) is 1. The van der Waals surface area contributed by atoms with Gasteiger partial charge in [0.05, 0.1) is 5.92 Å². The van der Waals surface area contributed by atoms with Crippen LogP contribution in [0, 0.1) is 5.92 Å². The van der Waals surface area contributed by atoms with Gasteiger partial charge < -0.3 is 10.6 Å². The molecule has 0 saturated carbocycles. The summed E-state index contributed by atoms with van der Waals surface area (Å²) in [6.45, 7) is 2.56. The summed E-state index contributed by atoms with van der Waals surface area (Å²) in [6, 6.07) is 0. The molecule has 2 aliphatic heterocycles. The molecule has 13 heavy (non-hydrogen) atoms. The average Bonchev–Trinajstić information content (AvgIpc) is 2.14. The third-order valence-electron chi connectivity index (χ3n) is 2.54. The van der Waals surface area contributed by atoms with Crippen molar-refractivity contribution in [2.75, 3.05) is 19.6 Å². The van der Waals surface area contributed by atoms with Crippen LogP contribution in [-0.4, -0.2) is 31.4 Å². The molecule has 1 fully saturated rings. The van der Waals surface area contributed by atoms with Crippen LogP contribution < -0.4 is 10.6 Å². The summed E-state index contributed by atoms with van der Waals surface area (Å²) < 4.78 is 0. The average molecular weight is 181 g/mol. The second-order valence-corrected chi connectivity index (χ2v) is 3.53. The second kappa shape index (κ2) is 3.77. The Kier molecular flexibility index (Phi) is 2.47. The summed E-state index contributed by atoms with van der Waals surface area (Å²) in [5.41, 5.74) is 0. The second-order valence-electron chi connectivity index (χ2n) is 3.53. The standard InChI is InChI=1S/C9H15N3O/c13-9-7-3-1-4-10-8(7)11-5-2-6-12-9/h7H,1-6H2,(H,10,11)(H,12,13). The number of carbonyl (C=O) groups excluding carboxylic acids is 1. The minimum Gasteiger partial charge on any atom is -0.373 e. The van der Waals surface area contributed by atoms with Crippen molar-refractivity contribution in [3.05, 3.63) is 0 Å². The molecule has 1 unspecified atom stereocenters. The summed E-state index contributed by atoms with van der Waals surface area (Å²) in [5, 5.41) is 6.13.